The van der Waals surface area contributed by atoms with Gasteiger partial charge in [0.15, 0.2) is 0 Å². The second kappa shape index (κ2) is 10.2. The molecule has 2 nitrogen and oxygen atoms in total. The van der Waals surface area contributed by atoms with E-state index in [1.54, 1.807) is 0 Å². The number of esters is 1. The molecule has 0 N–H and O–H groups in total. The van der Waals surface area contributed by atoms with Gasteiger partial charge in [0.1, 0.15) is 0 Å². The summed E-state index contributed by atoms with van der Waals surface area (Å²) in [5.74, 6) is -0.177. The average Bonchev–Trinajstić information content (AvgIpc) is 2.46. The fourth-order valence-corrected chi connectivity index (χ4v) is 2.19. The highest BCUT2D eigenvalue weighted by atomic mass is 16.5. The van der Waals surface area contributed by atoms with Gasteiger partial charge < -0.3 is 4.74 Å². The van der Waals surface area contributed by atoms with Gasteiger partial charge in [-0.05, 0) is 38.3 Å². The van der Waals surface area contributed by atoms with Gasteiger partial charge in [-0.2, -0.15) is 0 Å². The second-order valence-electron chi connectivity index (χ2n) is 5.70. The summed E-state index contributed by atoms with van der Waals surface area (Å²) in [5, 5.41) is 0. The van der Waals surface area contributed by atoms with Crippen LogP contribution in [0.25, 0.3) is 6.08 Å². The number of hydrogen-bond donors (Lipinski definition) is 0. The molecule has 0 amide bonds. The summed E-state index contributed by atoms with van der Waals surface area (Å²) in [5.41, 5.74) is 1.84. The van der Waals surface area contributed by atoms with Crippen molar-refractivity contribution in [3.05, 3.63) is 41.5 Å². The Labute approximate surface area is 129 Å². The zero-order chi connectivity index (χ0) is 15.5. The molecule has 0 saturated carbocycles. The molecule has 0 aliphatic heterocycles. The first kappa shape index (κ1) is 17.5. The third kappa shape index (κ3) is 7.69. The number of hydrogen-bond acceptors (Lipinski definition) is 2. The molecule has 0 aliphatic rings. The molecule has 0 unspecified atom stereocenters. The highest BCUT2D eigenvalue weighted by Gasteiger charge is 2.12. The van der Waals surface area contributed by atoms with Gasteiger partial charge in [0.2, 0.25) is 0 Å². The van der Waals surface area contributed by atoms with Crippen LogP contribution in [0.5, 0.6) is 0 Å². The van der Waals surface area contributed by atoms with Crippen molar-refractivity contribution >= 4 is 12.0 Å². The number of rotatable bonds is 9. The van der Waals surface area contributed by atoms with Crippen LogP contribution in [0.3, 0.4) is 0 Å². The maximum atomic E-state index is 12.2. The first-order chi connectivity index (χ1) is 10.1. The predicted molar refractivity (Wildman–Crippen MR) is 89.0 cm³/mol. The zero-order valence-corrected chi connectivity index (χ0v) is 13.6. The van der Waals surface area contributed by atoms with Gasteiger partial charge >= 0.3 is 5.97 Å². The third-order valence-corrected chi connectivity index (χ3v) is 3.30. The van der Waals surface area contributed by atoms with Crippen LogP contribution >= 0.6 is 0 Å². The molecule has 1 aromatic carbocycles. The lowest BCUT2D eigenvalue weighted by atomic mass is 10.0. The Kier molecular flexibility index (Phi) is 8.49. The Morgan fingerprint density at radius 3 is 2.38 bits per heavy atom. The number of benzene rings is 1. The molecule has 0 heterocycles. The Bertz CT molecular complexity index is 432. The minimum Gasteiger partial charge on any atom is -0.460 e. The summed E-state index contributed by atoms with van der Waals surface area (Å²) in [7, 11) is 0. The van der Waals surface area contributed by atoms with Crippen molar-refractivity contribution in [1.82, 2.24) is 0 Å². The zero-order valence-electron chi connectivity index (χ0n) is 13.6. The van der Waals surface area contributed by atoms with E-state index in [9.17, 15) is 4.79 Å². The predicted octanol–water partition coefficient (Wildman–Crippen LogP) is 5.38. The molecular formula is C19H28O2. The highest BCUT2D eigenvalue weighted by molar-refractivity contribution is 5.93. The smallest absolute Gasteiger partial charge is 0.334 e. The Morgan fingerprint density at radius 2 is 1.76 bits per heavy atom. The lowest BCUT2D eigenvalue weighted by Gasteiger charge is -2.11. The summed E-state index contributed by atoms with van der Waals surface area (Å²) in [6.45, 7) is 5.99. The lowest BCUT2D eigenvalue weighted by Crippen LogP contribution is -2.13. The molecular weight excluding hydrogens is 260 g/mol. The van der Waals surface area contributed by atoms with Gasteiger partial charge in [0.25, 0.3) is 0 Å². The second-order valence-corrected chi connectivity index (χ2v) is 5.70. The van der Waals surface area contributed by atoms with Gasteiger partial charge in [0, 0.05) is 5.57 Å². The van der Waals surface area contributed by atoms with E-state index in [2.05, 4.69) is 6.92 Å². The highest BCUT2D eigenvalue weighted by Crippen LogP contribution is 2.17. The number of carbonyl (C=O) groups is 1. The number of unbranched alkanes of at least 4 members (excludes halogenated alkanes) is 4. The van der Waals surface area contributed by atoms with Crippen LogP contribution in [-0.2, 0) is 9.53 Å². The summed E-state index contributed by atoms with van der Waals surface area (Å²) in [4.78, 5) is 12.2. The molecule has 1 aromatic rings. The van der Waals surface area contributed by atoms with Crippen molar-refractivity contribution in [3.8, 4) is 0 Å². The van der Waals surface area contributed by atoms with Crippen LogP contribution in [0.15, 0.2) is 35.9 Å². The van der Waals surface area contributed by atoms with Crippen molar-refractivity contribution in [2.45, 2.75) is 65.4 Å². The van der Waals surface area contributed by atoms with Crippen LogP contribution in [0.4, 0.5) is 0 Å². The molecule has 116 valence electrons. The molecule has 0 aromatic heterocycles. The Morgan fingerprint density at radius 1 is 1.10 bits per heavy atom. The van der Waals surface area contributed by atoms with Crippen LogP contribution in [0.1, 0.15) is 64.9 Å². The quantitative estimate of drug-likeness (QED) is 0.346. The van der Waals surface area contributed by atoms with Crippen molar-refractivity contribution in [2.75, 3.05) is 0 Å². The van der Waals surface area contributed by atoms with E-state index in [4.69, 9.17) is 4.74 Å². The molecule has 0 fully saturated rings. The molecule has 2 heteroatoms. The monoisotopic (exact) mass is 288 g/mol. The minimum absolute atomic E-state index is 0.0724. The van der Waals surface area contributed by atoms with Crippen LogP contribution in [-0.4, -0.2) is 12.1 Å². The fraction of sp³-hybridized carbons (Fsp3) is 0.526. The van der Waals surface area contributed by atoms with E-state index in [-0.39, 0.29) is 12.1 Å². The van der Waals surface area contributed by atoms with E-state index >= 15 is 0 Å². The van der Waals surface area contributed by atoms with E-state index in [1.807, 2.05) is 50.3 Å². The van der Waals surface area contributed by atoms with E-state index in [0.29, 0.717) is 0 Å². The van der Waals surface area contributed by atoms with Crippen molar-refractivity contribution < 1.29 is 9.53 Å². The standard InChI is InChI=1S/C19H28O2/c1-4-5-6-7-11-14-18(19(20)21-16(2)3)15-17-12-9-8-10-13-17/h8-10,12-13,15-16H,4-7,11,14H2,1-3H3. The minimum atomic E-state index is -0.177. The summed E-state index contributed by atoms with van der Waals surface area (Å²) in [6, 6.07) is 9.98. The summed E-state index contributed by atoms with van der Waals surface area (Å²) < 4.78 is 5.36. The molecule has 0 aliphatic carbocycles. The average molecular weight is 288 g/mol. The summed E-state index contributed by atoms with van der Waals surface area (Å²) >= 11 is 0. The molecule has 1 rings (SSSR count). The first-order valence-electron chi connectivity index (χ1n) is 8.10. The van der Waals surface area contributed by atoms with E-state index < -0.39 is 0 Å². The Balaban J connectivity index is 2.66. The number of carbonyl (C=O) groups excluding carboxylic acids is 1. The maximum absolute atomic E-state index is 12.2. The number of ether oxygens (including phenoxy) is 1. The van der Waals surface area contributed by atoms with Crippen LogP contribution in [0, 0.1) is 0 Å². The topological polar surface area (TPSA) is 26.3 Å². The van der Waals surface area contributed by atoms with Gasteiger partial charge in [-0.15, -0.1) is 0 Å². The molecule has 0 bridgehead atoms. The van der Waals surface area contributed by atoms with E-state index in [1.165, 1.54) is 25.7 Å². The van der Waals surface area contributed by atoms with E-state index in [0.717, 1.165) is 24.0 Å². The van der Waals surface area contributed by atoms with Crippen molar-refractivity contribution in [1.29, 1.82) is 0 Å². The third-order valence-electron chi connectivity index (χ3n) is 3.30. The van der Waals surface area contributed by atoms with Crippen molar-refractivity contribution in [2.24, 2.45) is 0 Å². The SMILES string of the molecule is CCCCCCCC(=Cc1ccccc1)C(=O)OC(C)C. The molecule has 0 radical (unpaired) electrons. The largest absolute Gasteiger partial charge is 0.460 e. The van der Waals surface area contributed by atoms with Crippen LogP contribution in [0.2, 0.25) is 0 Å². The van der Waals surface area contributed by atoms with Gasteiger partial charge in [-0.1, -0.05) is 62.9 Å². The van der Waals surface area contributed by atoms with Crippen LogP contribution < -0.4 is 0 Å². The molecule has 0 saturated heterocycles. The normalized spacial score (nSPS) is 11.7. The molecule has 21 heavy (non-hydrogen) atoms. The molecule has 0 atom stereocenters. The van der Waals surface area contributed by atoms with Gasteiger partial charge in [-0.3, -0.25) is 0 Å². The lowest BCUT2D eigenvalue weighted by molar-refractivity contribution is -0.142. The van der Waals surface area contributed by atoms with Gasteiger partial charge in [-0.25, -0.2) is 4.79 Å². The Hall–Kier alpha value is -1.57. The molecule has 0 spiro atoms. The van der Waals surface area contributed by atoms with Gasteiger partial charge in [0.05, 0.1) is 6.10 Å². The maximum Gasteiger partial charge on any atom is 0.334 e. The summed E-state index contributed by atoms with van der Waals surface area (Å²) in [6.07, 6.45) is 8.66. The fourth-order valence-electron chi connectivity index (χ4n) is 2.19. The first-order valence-corrected chi connectivity index (χ1v) is 8.10. The van der Waals surface area contributed by atoms with Crippen molar-refractivity contribution in [3.63, 3.8) is 0 Å².